The van der Waals surface area contributed by atoms with Crippen molar-refractivity contribution < 1.29 is 0 Å². The Kier molecular flexibility index (Phi) is 16.9. The summed E-state index contributed by atoms with van der Waals surface area (Å²) < 4.78 is 0. The summed E-state index contributed by atoms with van der Waals surface area (Å²) in [5, 5.41) is 34.3. The number of fused-ring (bicyclic) bond motifs is 2. The van der Waals surface area contributed by atoms with Crippen LogP contribution in [0.3, 0.4) is 0 Å². The summed E-state index contributed by atoms with van der Waals surface area (Å²) >= 11 is 17.9. The van der Waals surface area contributed by atoms with E-state index in [1.54, 1.807) is 0 Å². The van der Waals surface area contributed by atoms with Crippen LogP contribution in [0.5, 0.6) is 0 Å². The van der Waals surface area contributed by atoms with Crippen LogP contribution >= 0.6 is 34.8 Å². The molecule has 2 aliphatic heterocycles. The van der Waals surface area contributed by atoms with Gasteiger partial charge in [-0.2, -0.15) is 10.5 Å². The number of aromatic nitrogens is 2. The van der Waals surface area contributed by atoms with Crippen LogP contribution in [0, 0.1) is 22.7 Å². The fourth-order valence-corrected chi connectivity index (χ4v) is 8.95. The first kappa shape index (κ1) is 49.3. The summed E-state index contributed by atoms with van der Waals surface area (Å²) in [5.41, 5.74) is 12.5. The molecule has 2 aliphatic rings. The topological polar surface area (TPSA) is 142 Å². The number of benzene rings is 4. The molecule has 0 amide bonds. The zero-order valence-corrected chi connectivity index (χ0v) is 40.6. The van der Waals surface area contributed by atoms with E-state index in [9.17, 15) is 10.5 Å². The van der Waals surface area contributed by atoms with Gasteiger partial charge in [0.05, 0.1) is 22.4 Å². The van der Waals surface area contributed by atoms with E-state index in [-0.39, 0.29) is 11.1 Å². The number of nitrogens with one attached hydrogen (secondary N) is 3. The van der Waals surface area contributed by atoms with Gasteiger partial charge in [0, 0.05) is 83.2 Å². The number of nitrogens with two attached hydrogens (primary N) is 1. The van der Waals surface area contributed by atoms with Crippen molar-refractivity contribution in [1.29, 1.82) is 10.5 Å². The Labute approximate surface area is 400 Å². The fraction of sp³-hybridized carbons (Fsp3) is 0.385. The number of pyridine rings is 2. The van der Waals surface area contributed by atoms with E-state index in [2.05, 4.69) is 90.5 Å². The Balaban J connectivity index is 0.000000186. The number of nitriles is 2. The normalized spacial score (nSPS) is 14.8. The summed E-state index contributed by atoms with van der Waals surface area (Å²) in [6.07, 6.45) is 4.20. The van der Waals surface area contributed by atoms with E-state index in [0.29, 0.717) is 52.3 Å². The van der Waals surface area contributed by atoms with E-state index in [1.807, 2.05) is 91.0 Å². The molecule has 65 heavy (non-hydrogen) atoms. The van der Waals surface area contributed by atoms with Crippen molar-refractivity contribution in [3.05, 3.63) is 135 Å². The second kappa shape index (κ2) is 22.3. The quantitative estimate of drug-likeness (QED) is 0.109. The summed E-state index contributed by atoms with van der Waals surface area (Å²) in [6, 6.07) is 36.9. The highest BCUT2D eigenvalue weighted by Crippen LogP contribution is 2.37. The molecule has 2 fully saturated rings. The Bertz CT molecular complexity index is 2590. The molecule has 2 aromatic heterocycles. The molecule has 5 N–H and O–H groups in total. The van der Waals surface area contributed by atoms with Crippen molar-refractivity contribution in [2.75, 3.05) is 41.3 Å². The highest BCUT2D eigenvalue weighted by Gasteiger charge is 2.28. The largest absolute Gasteiger partial charge is 0.370 e. The minimum atomic E-state index is 0.104. The predicted molar refractivity (Wildman–Crippen MR) is 272 cm³/mol. The monoisotopic (exact) mass is 930 g/mol. The summed E-state index contributed by atoms with van der Waals surface area (Å²) in [7, 11) is 0. The Morgan fingerprint density at radius 3 is 1.45 bits per heavy atom. The lowest BCUT2D eigenvalue weighted by Gasteiger charge is -2.38. The molecule has 8 rings (SSSR count). The van der Waals surface area contributed by atoms with Gasteiger partial charge in [-0.3, -0.25) is 0 Å². The summed E-state index contributed by atoms with van der Waals surface area (Å²) in [6.45, 7) is 18.0. The van der Waals surface area contributed by atoms with Crippen LogP contribution in [0.4, 0.5) is 17.2 Å². The van der Waals surface area contributed by atoms with Gasteiger partial charge >= 0.3 is 0 Å². The number of para-hydroxylation sites is 2. The molecular formula is C52H61Cl3N10. The van der Waals surface area contributed by atoms with Crippen LogP contribution in [-0.4, -0.2) is 59.3 Å². The van der Waals surface area contributed by atoms with Gasteiger partial charge in [-0.25, -0.2) is 9.97 Å². The van der Waals surface area contributed by atoms with Crippen LogP contribution in [-0.2, 0) is 13.1 Å². The van der Waals surface area contributed by atoms with Crippen molar-refractivity contribution in [2.45, 2.75) is 103 Å². The zero-order valence-electron chi connectivity index (χ0n) is 38.4. The number of nitrogens with zero attached hydrogens (tertiary/aromatic N) is 6. The van der Waals surface area contributed by atoms with Crippen molar-refractivity contribution in [1.82, 2.24) is 20.6 Å². The highest BCUT2D eigenvalue weighted by molar-refractivity contribution is 6.32. The Morgan fingerprint density at radius 1 is 0.600 bits per heavy atom. The third-order valence-electron chi connectivity index (χ3n) is 11.3. The van der Waals surface area contributed by atoms with E-state index >= 15 is 0 Å². The molecule has 2 saturated heterocycles. The number of rotatable bonds is 8. The molecule has 6 aromatic rings. The second-order valence-electron chi connectivity index (χ2n) is 18.7. The van der Waals surface area contributed by atoms with Crippen LogP contribution in [0.2, 0.25) is 15.2 Å². The standard InChI is InChI=1S/C26H30ClN5.C19H23ClN4.C7H8ClN/c1-26(2,3)31-20-12-14-32(15-13-20)24-21-6-4-5-7-23(21)30-25(22(24)16-28)29-17-18-8-10-19(27)11-9-18;1-19(2,3)23-13-8-10-24(11-9-13)17-14-6-4-5-7-16(14)22-18(20)15(17)12-21;8-7-3-1-6(5-9)2-4-7/h4-11,20,31H,12-15,17H2,1-3H3,(H,29,30);4-7,13,23H,8-11H2,1-3H3;1-4H,5,9H2. The minimum absolute atomic E-state index is 0.104. The number of halogens is 3. The minimum Gasteiger partial charge on any atom is -0.370 e. The van der Waals surface area contributed by atoms with Crippen LogP contribution < -0.4 is 31.5 Å². The van der Waals surface area contributed by atoms with Crippen molar-refractivity contribution in [2.24, 2.45) is 5.73 Å². The molecule has 0 atom stereocenters. The lowest BCUT2D eigenvalue weighted by Crippen LogP contribution is -2.49. The van der Waals surface area contributed by atoms with Gasteiger partial charge < -0.3 is 31.5 Å². The van der Waals surface area contributed by atoms with E-state index < -0.39 is 0 Å². The first-order chi connectivity index (χ1) is 31.0. The van der Waals surface area contributed by atoms with Crippen molar-refractivity contribution >= 4 is 73.8 Å². The summed E-state index contributed by atoms with van der Waals surface area (Å²) in [4.78, 5) is 13.8. The van der Waals surface area contributed by atoms with Gasteiger partial charge in [-0.15, -0.1) is 0 Å². The molecular weight excluding hydrogens is 871 g/mol. The third-order valence-corrected chi connectivity index (χ3v) is 12.1. The first-order valence-corrected chi connectivity index (χ1v) is 23.5. The molecule has 0 radical (unpaired) electrons. The summed E-state index contributed by atoms with van der Waals surface area (Å²) in [5.74, 6) is 0.631. The van der Waals surface area contributed by atoms with Gasteiger partial charge in [-0.1, -0.05) is 95.5 Å². The van der Waals surface area contributed by atoms with E-state index in [1.165, 1.54) is 0 Å². The van der Waals surface area contributed by atoms with Crippen LogP contribution in [0.15, 0.2) is 97.1 Å². The van der Waals surface area contributed by atoms with Gasteiger partial charge in [0.25, 0.3) is 0 Å². The van der Waals surface area contributed by atoms with E-state index in [4.69, 9.17) is 45.5 Å². The lowest BCUT2D eigenvalue weighted by atomic mass is 9.98. The van der Waals surface area contributed by atoms with Crippen molar-refractivity contribution in [3.8, 4) is 12.1 Å². The molecule has 0 bridgehead atoms. The molecule has 340 valence electrons. The number of hydrogen-bond donors (Lipinski definition) is 4. The predicted octanol–water partition coefficient (Wildman–Crippen LogP) is 11.6. The lowest BCUT2D eigenvalue weighted by molar-refractivity contribution is 0.317. The SMILES string of the molecule is CC(C)(C)NC1CCN(c2c(C#N)c(Cl)nc3ccccc23)CC1.CC(C)(C)NC1CCN(c2c(C#N)c(NCc3ccc(Cl)cc3)nc3ccccc23)CC1.NCc1ccc(Cl)cc1. The second-order valence-corrected chi connectivity index (χ2v) is 19.9. The number of piperidine rings is 2. The van der Waals surface area contributed by atoms with E-state index in [0.717, 1.165) is 101 Å². The fourth-order valence-electron chi connectivity index (χ4n) is 8.48. The van der Waals surface area contributed by atoms with Gasteiger partial charge in [0.1, 0.15) is 34.2 Å². The molecule has 10 nitrogen and oxygen atoms in total. The van der Waals surface area contributed by atoms with Crippen LogP contribution in [0.1, 0.15) is 89.5 Å². The molecule has 4 aromatic carbocycles. The maximum absolute atomic E-state index is 10.1. The van der Waals surface area contributed by atoms with Gasteiger partial charge in [0.2, 0.25) is 0 Å². The van der Waals surface area contributed by atoms with Gasteiger partial charge in [0.15, 0.2) is 0 Å². The Morgan fingerprint density at radius 2 is 1.02 bits per heavy atom. The smallest absolute Gasteiger partial charge is 0.149 e. The molecule has 13 heteroatoms. The van der Waals surface area contributed by atoms with Crippen molar-refractivity contribution in [3.63, 3.8) is 0 Å². The maximum atomic E-state index is 10.1. The highest BCUT2D eigenvalue weighted by atomic mass is 35.5. The Hall–Kier alpha value is -5.17. The molecule has 0 unspecified atom stereocenters. The average Bonchev–Trinajstić information content (AvgIpc) is 3.28. The molecule has 4 heterocycles. The van der Waals surface area contributed by atoms with Crippen LogP contribution in [0.25, 0.3) is 21.8 Å². The molecule has 0 aliphatic carbocycles. The first-order valence-electron chi connectivity index (χ1n) is 22.3. The maximum Gasteiger partial charge on any atom is 0.149 e. The third kappa shape index (κ3) is 13.7. The molecule has 0 saturated carbocycles. The number of anilines is 3. The van der Waals surface area contributed by atoms with Gasteiger partial charge in [-0.05, 0) is 115 Å². The average molecular weight is 932 g/mol. The zero-order chi connectivity index (χ0) is 46.7. The molecule has 0 spiro atoms. The number of hydrogen-bond acceptors (Lipinski definition) is 10.